The van der Waals surface area contributed by atoms with Crippen molar-refractivity contribution in [2.45, 2.75) is 25.2 Å². The first-order valence-electron chi connectivity index (χ1n) is 9.88. The Morgan fingerprint density at radius 2 is 1.76 bits per heavy atom. The van der Waals surface area contributed by atoms with Crippen molar-refractivity contribution in [1.29, 1.82) is 0 Å². The molecule has 1 aliphatic heterocycles. The van der Waals surface area contributed by atoms with E-state index < -0.39 is 10.0 Å². The van der Waals surface area contributed by atoms with Crippen LogP contribution < -0.4 is 9.64 Å². The number of sulfonamides is 1. The molecule has 154 valence electrons. The summed E-state index contributed by atoms with van der Waals surface area (Å²) in [5.41, 5.74) is 2.31. The lowest BCUT2D eigenvalue weighted by atomic mass is 10.2. The number of hydrogen-bond donors (Lipinski definition) is 0. The zero-order valence-corrected chi connectivity index (χ0v) is 18.3. The van der Waals surface area contributed by atoms with E-state index >= 15 is 0 Å². The van der Waals surface area contributed by atoms with Gasteiger partial charge in [0.05, 0.1) is 21.7 Å². The van der Waals surface area contributed by atoms with Crippen LogP contribution in [0.2, 0.25) is 0 Å². The lowest BCUT2D eigenvalue weighted by Gasteiger charge is -2.33. The molecule has 0 amide bonds. The van der Waals surface area contributed by atoms with Gasteiger partial charge in [-0.05, 0) is 55.3 Å². The molecular formula is C21H25N3O3S2. The number of piperazine rings is 1. The highest BCUT2D eigenvalue weighted by atomic mass is 32.2. The van der Waals surface area contributed by atoms with E-state index in [0.29, 0.717) is 43.4 Å². The third-order valence-electron chi connectivity index (χ3n) is 5.13. The molecule has 0 N–H and O–H groups in total. The first-order valence-corrected chi connectivity index (χ1v) is 12.1. The van der Waals surface area contributed by atoms with Crippen molar-refractivity contribution in [3.05, 3.63) is 48.0 Å². The van der Waals surface area contributed by atoms with Gasteiger partial charge in [-0.25, -0.2) is 13.4 Å². The summed E-state index contributed by atoms with van der Waals surface area (Å²) >= 11 is 1.68. The second-order valence-electron chi connectivity index (χ2n) is 6.95. The highest BCUT2D eigenvalue weighted by Crippen LogP contribution is 2.31. The number of thiazole rings is 1. The lowest BCUT2D eigenvalue weighted by molar-refractivity contribution is 0.340. The van der Waals surface area contributed by atoms with Gasteiger partial charge in [0.1, 0.15) is 5.75 Å². The number of hydrogen-bond acceptors (Lipinski definition) is 6. The standard InChI is InChI=1S/C21H25N3O3S2/c1-3-16-5-10-19-20(15-16)28-21(22-19)23-11-13-24(14-12-23)29(25,26)18-8-6-17(7-9-18)27-4-2/h5-10,15H,3-4,11-14H2,1-2H3. The molecule has 6 nitrogen and oxygen atoms in total. The average Bonchev–Trinajstić information content (AvgIpc) is 3.18. The van der Waals surface area contributed by atoms with Crippen LogP contribution in [0.4, 0.5) is 5.13 Å². The SMILES string of the molecule is CCOc1ccc(S(=O)(=O)N2CCN(c3nc4ccc(CC)cc4s3)CC2)cc1. The van der Waals surface area contributed by atoms with Crippen molar-refractivity contribution in [3.63, 3.8) is 0 Å². The van der Waals surface area contributed by atoms with Crippen LogP contribution in [0.25, 0.3) is 10.2 Å². The maximum absolute atomic E-state index is 13.0. The Hall–Kier alpha value is -2.16. The third kappa shape index (κ3) is 4.10. The largest absolute Gasteiger partial charge is 0.494 e. The van der Waals surface area contributed by atoms with Crippen LogP contribution in [0.3, 0.4) is 0 Å². The second kappa shape index (κ2) is 8.30. The molecule has 8 heteroatoms. The number of benzene rings is 2. The van der Waals surface area contributed by atoms with Crippen molar-refractivity contribution < 1.29 is 13.2 Å². The molecule has 2 heterocycles. The van der Waals surface area contributed by atoms with E-state index in [9.17, 15) is 8.42 Å². The van der Waals surface area contributed by atoms with Crippen LogP contribution in [0.1, 0.15) is 19.4 Å². The molecule has 0 spiro atoms. The Balaban J connectivity index is 1.45. The summed E-state index contributed by atoms with van der Waals surface area (Å²) < 4.78 is 34.1. The molecule has 29 heavy (non-hydrogen) atoms. The molecule has 2 aromatic carbocycles. The molecule has 0 radical (unpaired) electrons. The molecule has 4 rings (SSSR count). The number of anilines is 1. The van der Waals surface area contributed by atoms with Gasteiger partial charge in [0.2, 0.25) is 10.0 Å². The van der Waals surface area contributed by atoms with Gasteiger partial charge < -0.3 is 9.64 Å². The molecule has 3 aromatic rings. The van der Waals surface area contributed by atoms with Gasteiger partial charge in [-0.2, -0.15) is 4.31 Å². The quantitative estimate of drug-likeness (QED) is 0.595. The summed E-state index contributed by atoms with van der Waals surface area (Å²) in [6.45, 7) is 6.77. The van der Waals surface area contributed by atoms with Gasteiger partial charge in [-0.3, -0.25) is 0 Å². The van der Waals surface area contributed by atoms with Crippen molar-refractivity contribution in [1.82, 2.24) is 9.29 Å². The van der Waals surface area contributed by atoms with Crippen LogP contribution in [0.15, 0.2) is 47.4 Å². The summed E-state index contributed by atoms with van der Waals surface area (Å²) in [6.07, 6.45) is 1.01. The predicted molar refractivity (Wildman–Crippen MR) is 118 cm³/mol. The first-order chi connectivity index (χ1) is 14.0. The summed E-state index contributed by atoms with van der Waals surface area (Å²) in [5, 5.41) is 0.964. The highest BCUT2D eigenvalue weighted by molar-refractivity contribution is 7.89. The number of aromatic nitrogens is 1. The molecule has 1 saturated heterocycles. The summed E-state index contributed by atoms with van der Waals surface area (Å²) in [7, 11) is -3.50. The van der Waals surface area contributed by atoms with Gasteiger partial charge in [-0.15, -0.1) is 0 Å². The Kier molecular flexibility index (Phi) is 5.76. The molecule has 1 aromatic heterocycles. The van der Waals surface area contributed by atoms with Crippen LogP contribution in [0, 0.1) is 0 Å². The van der Waals surface area contributed by atoms with Crippen molar-refractivity contribution in [2.24, 2.45) is 0 Å². The van der Waals surface area contributed by atoms with E-state index in [1.807, 2.05) is 6.92 Å². The molecular weight excluding hydrogens is 406 g/mol. The number of aryl methyl sites for hydroxylation is 1. The average molecular weight is 432 g/mol. The minimum absolute atomic E-state index is 0.307. The normalized spacial score (nSPS) is 15.7. The van der Waals surface area contributed by atoms with Gasteiger partial charge in [0.25, 0.3) is 0 Å². The molecule has 0 atom stereocenters. The van der Waals surface area contributed by atoms with Crippen molar-refractivity contribution >= 4 is 36.7 Å². The van der Waals surface area contributed by atoms with E-state index in [1.54, 1.807) is 39.9 Å². The zero-order valence-electron chi connectivity index (χ0n) is 16.7. The monoisotopic (exact) mass is 431 g/mol. The Morgan fingerprint density at radius 3 is 2.41 bits per heavy atom. The molecule has 0 bridgehead atoms. The van der Waals surface area contributed by atoms with E-state index in [1.165, 1.54) is 10.3 Å². The van der Waals surface area contributed by atoms with Gasteiger partial charge in [0, 0.05) is 26.2 Å². The molecule has 1 aliphatic rings. The molecule has 1 fully saturated rings. The van der Waals surface area contributed by atoms with E-state index in [2.05, 4.69) is 30.0 Å². The van der Waals surface area contributed by atoms with Gasteiger partial charge in [0.15, 0.2) is 5.13 Å². The maximum Gasteiger partial charge on any atom is 0.243 e. The molecule has 0 unspecified atom stereocenters. The van der Waals surface area contributed by atoms with Crippen LogP contribution >= 0.6 is 11.3 Å². The Bertz CT molecular complexity index is 1090. The lowest BCUT2D eigenvalue weighted by Crippen LogP contribution is -2.48. The third-order valence-corrected chi connectivity index (χ3v) is 8.12. The van der Waals surface area contributed by atoms with Crippen molar-refractivity contribution in [3.8, 4) is 5.75 Å². The highest BCUT2D eigenvalue weighted by Gasteiger charge is 2.29. The fourth-order valence-electron chi connectivity index (χ4n) is 3.46. The van der Waals surface area contributed by atoms with Crippen LogP contribution in [-0.4, -0.2) is 50.5 Å². The number of fused-ring (bicyclic) bond motifs is 1. The summed E-state index contributed by atoms with van der Waals surface area (Å²) in [4.78, 5) is 7.23. The number of nitrogens with zero attached hydrogens (tertiary/aromatic N) is 3. The van der Waals surface area contributed by atoms with E-state index in [4.69, 9.17) is 9.72 Å². The summed E-state index contributed by atoms with van der Waals surface area (Å²) in [5.74, 6) is 0.679. The van der Waals surface area contributed by atoms with Crippen molar-refractivity contribution in [2.75, 3.05) is 37.7 Å². The van der Waals surface area contributed by atoms with Gasteiger partial charge in [-0.1, -0.05) is 24.3 Å². The Labute approximate surface area is 175 Å². The zero-order chi connectivity index (χ0) is 20.4. The summed E-state index contributed by atoms with van der Waals surface area (Å²) in [6, 6.07) is 13.0. The van der Waals surface area contributed by atoms with Gasteiger partial charge >= 0.3 is 0 Å². The van der Waals surface area contributed by atoms with E-state index in [-0.39, 0.29) is 0 Å². The fraction of sp³-hybridized carbons (Fsp3) is 0.381. The minimum atomic E-state index is -3.50. The topological polar surface area (TPSA) is 62.7 Å². The Morgan fingerprint density at radius 1 is 1.03 bits per heavy atom. The smallest absolute Gasteiger partial charge is 0.243 e. The number of rotatable bonds is 6. The number of ether oxygens (including phenoxy) is 1. The first kappa shape index (κ1) is 20.1. The predicted octanol–water partition coefficient (Wildman–Crippen LogP) is 3.77. The fourth-order valence-corrected chi connectivity index (χ4v) is 5.96. The maximum atomic E-state index is 13.0. The van der Waals surface area contributed by atoms with E-state index in [0.717, 1.165) is 17.1 Å². The molecule has 0 saturated carbocycles. The minimum Gasteiger partial charge on any atom is -0.494 e. The van der Waals surface area contributed by atoms with Crippen LogP contribution in [0.5, 0.6) is 5.75 Å². The molecule has 0 aliphatic carbocycles. The van der Waals surface area contributed by atoms with Crippen LogP contribution in [-0.2, 0) is 16.4 Å². The second-order valence-corrected chi connectivity index (χ2v) is 9.89.